The van der Waals surface area contributed by atoms with E-state index in [9.17, 15) is 0 Å². The van der Waals surface area contributed by atoms with Gasteiger partial charge in [0.25, 0.3) is 0 Å². The molecule has 19 heavy (non-hydrogen) atoms. The second-order valence-electron chi connectivity index (χ2n) is 4.30. The summed E-state index contributed by atoms with van der Waals surface area (Å²) in [6, 6.07) is 2.05. The first-order valence-electron chi connectivity index (χ1n) is 5.77. The van der Waals surface area contributed by atoms with Crippen LogP contribution in [0.1, 0.15) is 16.8 Å². The van der Waals surface area contributed by atoms with E-state index in [1.807, 2.05) is 13.8 Å². The average molecular weight is 370 g/mol. The van der Waals surface area contributed by atoms with Gasteiger partial charge in [-0.25, -0.2) is 9.97 Å². The Bertz CT molecular complexity index is 616. The SMILES string of the molecule is COCc1nc(-c2ncc(C)cc2C)nc(N)c1I. The predicted molar refractivity (Wildman–Crippen MR) is 82.6 cm³/mol. The summed E-state index contributed by atoms with van der Waals surface area (Å²) >= 11 is 2.13. The Morgan fingerprint density at radius 1 is 1.32 bits per heavy atom. The monoisotopic (exact) mass is 370 g/mol. The fourth-order valence-corrected chi connectivity index (χ4v) is 2.20. The standard InChI is InChI=1S/C13H15IN4O/c1-7-4-8(2)11(16-5-7)13-17-9(6-19-3)10(14)12(15)18-13/h4-5H,6H2,1-3H3,(H2,15,17,18). The molecule has 0 unspecified atom stereocenters. The number of ether oxygens (including phenoxy) is 1. The molecule has 0 atom stereocenters. The van der Waals surface area contributed by atoms with Crippen LogP contribution in [0.4, 0.5) is 5.82 Å². The minimum atomic E-state index is 0.406. The molecule has 0 aliphatic heterocycles. The lowest BCUT2D eigenvalue weighted by Crippen LogP contribution is -2.07. The van der Waals surface area contributed by atoms with Gasteiger partial charge in [0.2, 0.25) is 0 Å². The van der Waals surface area contributed by atoms with Gasteiger partial charge in [0.15, 0.2) is 5.82 Å². The zero-order chi connectivity index (χ0) is 14.0. The molecule has 2 aromatic heterocycles. The van der Waals surface area contributed by atoms with Crippen LogP contribution < -0.4 is 5.73 Å². The Balaban J connectivity index is 2.56. The van der Waals surface area contributed by atoms with Gasteiger partial charge in [0.1, 0.15) is 11.5 Å². The lowest BCUT2D eigenvalue weighted by atomic mass is 10.1. The largest absolute Gasteiger partial charge is 0.383 e. The lowest BCUT2D eigenvalue weighted by Gasteiger charge is -2.09. The van der Waals surface area contributed by atoms with E-state index in [1.165, 1.54) is 0 Å². The highest BCUT2D eigenvalue weighted by atomic mass is 127. The molecule has 5 nitrogen and oxygen atoms in total. The van der Waals surface area contributed by atoms with Crippen molar-refractivity contribution in [2.24, 2.45) is 0 Å². The summed E-state index contributed by atoms with van der Waals surface area (Å²) in [7, 11) is 1.63. The van der Waals surface area contributed by atoms with E-state index >= 15 is 0 Å². The summed E-state index contributed by atoms with van der Waals surface area (Å²) in [5.74, 6) is 1.00. The molecule has 2 heterocycles. The van der Waals surface area contributed by atoms with Gasteiger partial charge < -0.3 is 10.5 Å². The van der Waals surface area contributed by atoms with Crippen molar-refractivity contribution in [2.45, 2.75) is 20.5 Å². The van der Waals surface area contributed by atoms with E-state index in [-0.39, 0.29) is 0 Å². The van der Waals surface area contributed by atoms with Gasteiger partial charge in [0, 0.05) is 13.3 Å². The third-order valence-corrected chi connectivity index (χ3v) is 3.83. The Morgan fingerprint density at radius 2 is 2.05 bits per heavy atom. The first-order chi connectivity index (χ1) is 9.02. The molecule has 0 radical (unpaired) electrons. The number of nitrogen functional groups attached to an aromatic ring is 1. The molecule has 100 valence electrons. The normalized spacial score (nSPS) is 10.7. The number of pyridine rings is 1. The van der Waals surface area contributed by atoms with Crippen molar-refractivity contribution in [3.8, 4) is 11.5 Å². The van der Waals surface area contributed by atoms with Gasteiger partial charge in [-0.3, -0.25) is 4.98 Å². The molecule has 0 amide bonds. The zero-order valence-electron chi connectivity index (χ0n) is 11.1. The third kappa shape index (κ3) is 3.01. The molecule has 6 heteroatoms. The maximum absolute atomic E-state index is 5.93. The molecular formula is C13H15IN4O. The van der Waals surface area contributed by atoms with Crippen molar-refractivity contribution >= 4 is 28.4 Å². The number of nitrogens with two attached hydrogens (primary N) is 1. The smallest absolute Gasteiger partial charge is 0.180 e. The topological polar surface area (TPSA) is 73.9 Å². The number of halogens is 1. The maximum atomic E-state index is 5.93. The molecule has 2 N–H and O–H groups in total. The second kappa shape index (κ2) is 5.79. The van der Waals surface area contributed by atoms with Crippen molar-refractivity contribution in [3.63, 3.8) is 0 Å². The molecule has 0 bridgehead atoms. The summed E-state index contributed by atoms with van der Waals surface area (Å²) in [5, 5.41) is 0. The Labute approximate surface area is 125 Å². The number of methoxy groups -OCH3 is 1. The van der Waals surface area contributed by atoms with E-state index in [2.05, 4.69) is 43.6 Å². The summed E-state index contributed by atoms with van der Waals surface area (Å²) in [4.78, 5) is 13.2. The minimum absolute atomic E-state index is 0.406. The zero-order valence-corrected chi connectivity index (χ0v) is 13.2. The first kappa shape index (κ1) is 14.1. The second-order valence-corrected chi connectivity index (χ2v) is 5.38. The molecule has 0 saturated carbocycles. The quantitative estimate of drug-likeness (QED) is 0.841. The highest BCUT2D eigenvalue weighted by Gasteiger charge is 2.13. The Kier molecular flexibility index (Phi) is 4.31. The molecular weight excluding hydrogens is 355 g/mol. The van der Waals surface area contributed by atoms with Gasteiger partial charge in [-0.15, -0.1) is 0 Å². The van der Waals surface area contributed by atoms with Crippen LogP contribution in [0, 0.1) is 17.4 Å². The van der Waals surface area contributed by atoms with Gasteiger partial charge in [-0.1, -0.05) is 6.07 Å². The van der Waals surface area contributed by atoms with Crippen LogP contribution in [0.3, 0.4) is 0 Å². The fourth-order valence-electron chi connectivity index (χ4n) is 1.80. The van der Waals surface area contributed by atoms with Gasteiger partial charge in [-0.2, -0.15) is 0 Å². The molecule has 0 fully saturated rings. The number of anilines is 1. The molecule has 0 spiro atoms. The van der Waals surface area contributed by atoms with Crippen LogP contribution >= 0.6 is 22.6 Å². The van der Waals surface area contributed by atoms with Crippen molar-refractivity contribution in [1.29, 1.82) is 0 Å². The van der Waals surface area contributed by atoms with Crippen LogP contribution in [-0.4, -0.2) is 22.1 Å². The number of hydrogen-bond donors (Lipinski definition) is 1. The molecule has 0 aliphatic rings. The maximum Gasteiger partial charge on any atom is 0.180 e. The van der Waals surface area contributed by atoms with E-state index in [1.54, 1.807) is 13.3 Å². The first-order valence-corrected chi connectivity index (χ1v) is 6.85. The highest BCUT2D eigenvalue weighted by Crippen LogP contribution is 2.23. The molecule has 0 saturated heterocycles. The number of nitrogens with zero attached hydrogens (tertiary/aromatic N) is 3. The van der Waals surface area contributed by atoms with Gasteiger partial charge >= 0.3 is 0 Å². The average Bonchev–Trinajstić information content (AvgIpc) is 2.35. The van der Waals surface area contributed by atoms with E-state index < -0.39 is 0 Å². The van der Waals surface area contributed by atoms with Gasteiger partial charge in [-0.05, 0) is 47.6 Å². The predicted octanol–water partition coefficient (Wildman–Crippen LogP) is 2.49. The number of aryl methyl sites for hydroxylation is 2. The van der Waals surface area contributed by atoms with Crippen LogP contribution in [0.25, 0.3) is 11.5 Å². The van der Waals surface area contributed by atoms with Crippen molar-refractivity contribution < 1.29 is 4.74 Å². The summed E-state index contributed by atoms with van der Waals surface area (Å²) < 4.78 is 5.96. The van der Waals surface area contributed by atoms with Crippen LogP contribution in [0.5, 0.6) is 0 Å². The van der Waals surface area contributed by atoms with Crippen LogP contribution in [0.15, 0.2) is 12.3 Å². The van der Waals surface area contributed by atoms with Crippen molar-refractivity contribution in [1.82, 2.24) is 15.0 Å². The van der Waals surface area contributed by atoms with E-state index in [4.69, 9.17) is 10.5 Å². The lowest BCUT2D eigenvalue weighted by molar-refractivity contribution is 0.181. The fraction of sp³-hybridized carbons (Fsp3) is 0.308. The highest BCUT2D eigenvalue weighted by molar-refractivity contribution is 14.1. The summed E-state index contributed by atoms with van der Waals surface area (Å²) in [6.07, 6.45) is 1.80. The van der Waals surface area contributed by atoms with Crippen molar-refractivity contribution in [2.75, 3.05) is 12.8 Å². The Morgan fingerprint density at radius 3 is 2.68 bits per heavy atom. The Hall–Kier alpha value is -1.28. The third-order valence-electron chi connectivity index (χ3n) is 2.65. The minimum Gasteiger partial charge on any atom is -0.383 e. The number of rotatable bonds is 3. The molecule has 2 rings (SSSR count). The van der Waals surface area contributed by atoms with Crippen molar-refractivity contribution in [3.05, 3.63) is 32.7 Å². The van der Waals surface area contributed by atoms with Gasteiger partial charge in [0.05, 0.1) is 15.9 Å². The van der Waals surface area contributed by atoms with E-state index in [0.717, 1.165) is 26.1 Å². The number of hydrogen-bond acceptors (Lipinski definition) is 5. The molecule has 2 aromatic rings. The van der Waals surface area contributed by atoms with Crippen LogP contribution in [0.2, 0.25) is 0 Å². The summed E-state index contributed by atoms with van der Waals surface area (Å²) in [5.41, 5.74) is 9.61. The molecule has 0 aliphatic carbocycles. The summed E-state index contributed by atoms with van der Waals surface area (Å²) in [6.45, 7) is 4.40. The molecule has 0 aromatic carbocycles. The van der Waals surface area contributed by atoms with Crippen LogP contribution in [-0.2, 0) is 11.3 Å². The van der Waals surface area contributed by atoms with E-state index in [0.29, 0.717) is 18.2 Å². The number of aromatic nitrogens is 3.